The fraction of sp³-hybridized carbons (Fsp3) is 0.692. The molecule has 0 fully saturated rings. The summed E-state index contributed by atoms with van der Waals surface area (Å²) in [6.07, 6.45) is 0.0580. The third-order valence-electron chi connectivity index (χ3n) is 3.10. The van der Waals surface area contributed by atoms with Crippen LogP contribution in [0.1, 0.15) is 23.5 Å². The van der Waals surface area contributed by atoms with E-state index in [2.05, 4.69) is 15.7 Å². The van der Waals surface area contributed by atoms with Gasteiger partial charge in [-0.3, -0.25) is 4.79 Å². The lowest BCUT2D eigenvalue weighted by Gasteiger charge is -2.07. The summed E-state index contributed by atoms with van der Waals surface area (Å²) in [7, 11) is 1.62. The monoisotopic (exact) mass is 304 g/mol. The van der Waals surface area contributed by atoms with Gasteiger partial charge in [0.15, 0.2) is 0 Å². The van der Waals surface area contributed by atoms with E-state index in [1.54, 1.807) is 21.0 Å². The van der Waals surface area contributed by atoms with Crippen molar-refractivity contribution in [2.75, 3.05) is 33.4 Å². The number of methoxy groups -OCH3 is 1. The molecular formula is C13H22F2N4O2. The number of aromatic nitrogens is 2. The largest absolute Gasteiger partial charge is 0.383 e. The van der Waals surface area contributed by atoms with Crippen LogP contribution in [0.3, 0.4) is 0 Å². The van der Waals surface area contributed by atoms with E-state index in [-0.39, 0.29) is 12.3 Å². The van der Waals surface area contributed by atoms with E-state index >= 15 is 0 Å². The van der Waals surface area contributed by atoms with Crippen LogP contribution in [-0.4, -0.2) is 49.0 Å². The van der Waals surface area contributed by atoms with E-state index in [1.165, 1.54) is 0 Å². The fourth-order valence-corrected chi connectivity index (χ4v) is 1.96. The molecule has 120 valence electrons. The molecule has 0 saturated carbocycles. The Morgan fingerprint density at radius 2 is 2.05 bits per heavy atom. The molecular weight excluding hydrogens is 282 g/mol. The summed E-state index contributed by atoms with van der Waals surface area (Å²) >= 11 is 0. The average molecular weight is 304 g/mol. The van der Waals surface area contributed by atoms with Crippen molar-refractivity contribution in [2.24, 2.45) is 0 Å². The molecule has 1 aromatic rings. The second-order valence-corrected chi connectivity index (χ2v) is 4.64. The number of aryl methyl sites for hydroxylation is 1. The van der Waals surface area contributed by atoms with Crippen LogP contribution in [0.25, 0.3) is 0 Å². The van der Waals surface area contributed by atoms with Crippen molar-refractivity contribution >= 4 is 5.91 Å². The van der Waals surface area contributed by atoms with Gasteiger partial charge in [-0.15, -0.1) is 0 Å². The zero-order chi connectivity index (χ0) is 15.8. The number of nitrogens with one attached hydrogen (secondary N) is 2. The van der Waals surface area contributed by atoms with Crippen LogP contribution in [0.2, 0.25) is 0 Å². The molecule has 21 heavy (non-hydrogen) atoms. The summed E-state index contributed by atoms with van der Waals surface area (Å²) in [4.78, 5) is 11.8. The number of nitrogens with zero attached hydrogens (tertiary/aromatic N) is 2. The van der Waals surface area contributed by atoms with Crippen LogP contribution in [0.4, 0.5) is 8.78 Å². The molecule has 1 aromatic heterocycles. The van der Waals surface area contributed by atoms with Gasteiger partial charge in [-0.2, -0.15) is 13.9 Å². The maximum absolute atomic E-state index is 12.7. The molecule has 1 amide bonds. The van der Waals surface area contributed by atoms with Crippen molar-refractivity contribution in [3.63, 3.8) is 0 Å². The zero-order valence-electron chi connectivity index (χ0n) is 12.6. The van der Waals surface area contributed by atoms with Gasteiger partial charge in [0, 0.05) is 38.0 Å². The van der Waals surface area contributed by atoms with Crippen molar-refractivity contribution in [3.8, 4) is 0 Å². The molecule has 0 spiro atoms. The molecule has 0 aromatic carbocycles. The quantitative estimate of drug-likeness (QED) is 0.662. The highest BCUT2D eigenvalue weighted by Gasteiger charge is 2.18. The number of halogens is 2. The van der Waals surface area contributed by atoms with Crippen LogP contribution in [-0.2, 0) is 16.0 Å². The molecule has 0 bridgehead atoms. The van der Waals surface area contributed by atoms with Gasteiger partial charge in [-0.05, 0) is 13.8 Å². The van der Waals surface area contributed by atoms with E-state index in [9.17, 15) is 13.6 Å². The van der Waals surface area contributed by atoms with Gasteiger partial charge in [0.2, 0.25) is 5.91 Å². The van der Waals surface area contributed by atoms with Crippen LogP contribution in [0.15, 0.2) is 0 Å². The van der Waals surface area contributed by atoms with Crippen molar-refractivity contribution in [1.29, 1.82) is 0 Å². The lowest BCUT2D eigenvalue weighted by Crippen LogP contribution is -2.34. The van der Waals surface area contributed by atoms with E-state index in [0.29, 0.717) is 47.9 Å². The Hall–Kier alpha value is -1.54. The number of hydrogen-bond acceptors (Lipinski definition) is 4. The number of ether oxygens (including phenoxy) is 1. The summed E-state index contributed by atoms with van der Waals surface area (Å²) in [6.45, 7) is 2.91. The number of rotatable bonds is 9. The topological polar surface area (TPSA) is 68.2 Å². The lowest BCUT2D eigenvalue weighted by atomic mass is 10.1. The van der Waals surface area contributed by atoms with Crippen molar-refractivity contribution < 1.29 is 18.3 Å². The molecule has 6 nitrogen and oxygen atoms in total. The first-order chi connectivity index (χ1) is 9.97. The summed E-state index contributed by atoms with van der Waals surface area (Å²) < 4.78 is 30.9. The van der Waals surface area contributed by atoms with Crippen molar-refractivity contribution in [3.05, 3.63) is 17.0 Å². The number of carbonyl (C=O) groups excluding carboxylic acids is 1. The summed E-state index contributed by atoms with van der Waals surface area (Å²) in [6, 6.07) is 0. The van der Waals surface area contributed by atoms with E-state index in [4.69, 9.17) is 4.74 Å². The number of alkyl halides is 2. The fourth-order valence-electron chi connectivity index (χ4n) is 1.96. The third kappa shape index (κ3) is 5.39. The smallest absolute Gasteiger partial charge is 0.333 e. The highest BCUT2D eigenvalue weighted by molar-refractivity contribution is 5.79. The summed E-state index contributed by atoms with van der Waals surface area (Å²) in [5, 5.41) is 9.58. The maximum Gasteiger partial charge on any atom is 0.333 e. The van der Waals surface area contributed by atoms with Crippen LogP contribution < -0.4 is 10.6 Å². The Labute approximate surface area is 122 Å². The Kier molecular flexibility index (Phi) is 7.24. The van der Waals surface area contributed by atoms with Crippen LogP contribution in [0.5, 0.6) is 0 Å². The highest BCUT2D eigenvalue weighted by atomic mass is 19.3. The van der Waals surface area contributed by atoms with Gasteiger partial charge in [0.05, 0.1) is 18.7 Å². The molecule has 2 N–H and O–H groups in total. The number of hydrogen-bond donors (Lipinski definition) is 2. The second-order valence-electron chi connectivity index (χ2n) is 4.64. The third-order valence-corrected chi connectivity index (χ3v) is 3.10. The van der Waals surface area contributed by atoms with Crippen molar-refractivity contribution in [1.82, 2.24) is 20.4 Å². The van der Waals surface area contributed by atoms with Crippen LogP contribution >= 0.6 is 0 Å². The second kappa shape index (κ2) is 8.68. The molecule has 0 atom stereocenters. The lowest BCUT2D eigenvalue weighted by molar-refractivity contribution is -0.120. The average Bonchev–Trinajstić information content (AvgIpc) is 2.71. The predicted molar refractivity (Wildman–Crippen MR) is 74.4 cm³/mol. The highest BCUT2D eigenvalue weighted by Crippen LogP contribution is 2.19. The van der Waals surface area contributed by atoms with Gasteiger partial charge < -0.3 is 15.4 Å². The number of carbonyl (C=O) groups is 1. The Morgan fingerprint density at radius 3 is 2.62 bits per heavy atom. The molecule has 8 heteroatoms. The van der Waals surface area contributed by atoms with E-state index < -0.39 is 6.55 Å². The first-order valence-electron chi connectivity index (χ1n) is 6.76. The van der Waals surface area contributed by atoms with Gasteiger partial charge in [-0.1, -0.05) is 0 Å². The summed E-state index contributed by atoms with van der Waals surface area (Å²) in [5.74, 6) is -0.205. The standard InChI is InChI=1S/C13H22F2N4O2/c1-9-11(10(2)19(18-9)13(14)15)8-12(20)17-5-4-16-6-7-21-3/h13,16H,4-8H2,1-3H3,(H,17,20). The van der Waals surface area contributed by atoms with Gasteiger partial charge in [0.1, 0.15) is 0 Å². The predicted octanol–water partition coefficient (Wildman–Crippen LogP) is 0.790. The Bertz CT molecular complexity index is 463. The Balaban J connectivity index is 2.41. The van der Waals surface area contributed by atoms with E-state index in [0.717, 1.165) is 0 Å². The molecule has 0 unspecified atom stereocenters. The van der Waals surface area contributed by atoms with E-state index in [1.807, 2.05) is 0 Å². The summed E-state index contributed by atoms with van der Waals surface area (Å²) in [5.41, 5.74) is 1.34. The first kappa shape index (κ1) is 17.5. The molecule has 0 aliphatic heterocycles. The first-order valence-corrected chi connectivity index (χ1v) is 6.76. The normalized spacial score (nSPS) is 11.1. The van der Waals surface area contributed by atoms with Crippen molar-refractivity contribution in [2.45, 2.75) is 26.8 Å². The minimum absolute atomic E-state index is 0.0580. The van der Waals surface area contributed by atoms with Crippen LogP contribution in [0, 0.1) is 13.8 Å². The Morgan fingerprint density at radius 1 is 1.33 bits per heavy atom. The van der Waals surface area contributed by atoms with Gasteiger partial charge in [-0.25, -0.2) is 4.68 Å². The zero-order valence-corrected chi connectivity index (χ0v) is 12.6. The molecule has 0 aliphatic rings. The SMILES string of the molecule is COCCNCCNC(=O)Cc1c(C)nn(C(F)F)c1C. The van der Waals surface area contributed by atoms with Gasteiger partial charge in [0.25, 0.3) is 0 Å². The molecule has 0 saturated heterocycles. The number of amides is 1. The molecule has 0 aliphatic carbocycles. The van der Waals surface area contributed by atoms with Gasteiger partial charge >= 0.3 is 6.55 Å². The molecule has 0 radical (unpaired) electrons. The molecule has 1 rings (SSSR count). The molecule has 1 heterocycles. The minimum atomic E-state index is -2.69. The maximum atomic E-state index is 12.7. The minimum Gasteiger partial charge on any atom is -0.383 e.